The van der Waals surface area contributed by atoms with Crippen molar-refractivity contribution in [3.05, 3.63) is 184 Å². The number of nitrogens with zero attached hydrogens (tertiary/aromatic N) is 10. The number of carbonyl (C=O) groups is 10. The van der Waals surface area contributed by atoms with Crippen LogP contribution in [-0.4, -0.2) is 134 Å². The molecule has 0 spiro atoms. The van der Waals surface area contributed by atoms with Gasteiger partial charge < -0.3 is 30.9 Å². The van der Waals surface area contributed by atoms with Crippen LogP contribution < -0.4 is 26.6 Å². The number of aromatic nitrogens is 6. The van der Waals surface area contributed by atoms with Gasteiger partial charge in [0.05, 0.1) is 24.3 Å². The predicted molar refractivity (Wildman–Crippen MR) is 397 cm³/mol. The summed E-state index contributed by atoms with van der Waals surface area (Å²) in [6.45, 7) is 14.9. The zero-order chi connectivity index (χ0) is 74.7. The molecule has 4 aromatic carbocycles. The molecule has 26 nitrogen and oxygen atoms in total. The van der Waals surface area contributed by atoms with Crippen molar-refractivity contribution in [1.82, 2.24) is 55.3 Å². The van der Waals surface area contributed by atoms with Gasteiger partial charge in [-0.3, -0.25) is 77.7 Å². The standard InChI is InChI=1S/C37H37ClN8O5S.C19H17ClN4O2S.C19H23N3O4/c1-19-20(2)52-37-32(19)33(22-10-12-23(38)13-11-22)41-27(34-44-43-21(3)46(34)37)17-31(49)39-16-5-4-9-29(47)40-26-8-6-7-24-25(26)18-45(36(24)51)28-14-15-30(48)42-35(28)50;1-9-10(2)27-19-16(9)17(12-4-6-13(20)7-5-12)21-14(8-15(25)26)18-23-22-11(3)24(18)19;1-2-3-4-8-16(23)20-14-7-5-6-12-13(14)11-22(19(12)26)15-9-10-17(24)21-18(15)25/h6-8,10-13,27-28H,4-5,9,14-18H2,1-3H3,(H,39,49)(H,40,47)(H,42,48,50);4-7,14H,8H2,1-3H3,(H,25,26);5-7,15H,2-4,8-11H2,1H3,(H,20,23)(H,21,24,25)/t27-,28?;14-;/m00./s1. The lowest BCUT2D eigenvalue weighted by molar-refractivity contribution is -0.138. The van der Waals surface area contributed by atoms with Crippen molar-refractivity contribution < 1.29 is 53.1 Å². The molecule has 0 radical (unpaired) electrons. The van der Waals surface area contributed by atoms with E-state index in [2.05, 4.69) is 81.6 Å². The maximum Gasteiger partial charge on any atom is 0.306 e. The average molecular weight is 1500 g/mol. The van der Waals surface area contributed by atoms with Gasteiger partial charge >= 0.3 is 5.97 Å². The number of carboxylic acid groups (broad SMARTS) is 1. The summed E-state index contributed by atoms with van der Waals surface area (Å²) in [6.07, 6.45) is 5.52. The Balaban J connectivity index is 0.000000164. The summed E-state index contributed by atoms with van der Waals surface area (Å²) in [5.74, 6) is -0.939. The summed E-state index contributed by atoms with van der Waals surface area (Å²) in [5, 5.41) is 43.3. The van der Waals surface area contributed by atoms with Crippen LogP contribution in [0.2, 0.25) is 10.0 Å². The lowest BCUT2D eigenvalue weighted by Gasteiger charge is -2.29. The van der Waals surface area contributed by atoms with Gasteiger partial charge in [0.2, 0.25) is 41.4 Å². The quantitative estimate of drug-likeness (QED) is 0.0324. The summed E-state index contributed by atoms with van der Waals surface area (Å²) >= 11 is 15.6. The van der Waals surface area contributed by atoms with E-state index < -0.39 is 42.0 Å². The molecule has 0 bridgehead atoms. The minimum atomic E-state index is -0.926. The third-order valence-corrected chi connectivity index (χ3v) is 22.2. The summed E-state index contributed by atoms with van der Waals surface area (Å²) in [7, 11) is 0. The van der Waals surface area contributed by atoms with E-state index in [0.29, 0.717) is 87.8 Å². The summed E-state index contributed by atoms with van der Waals surface area (Å²) < 4.78 is 3.95. The van der Waals surface area contributed by atoms with Gasteiger partial charge in [-0.05, 0) is 133 Å². The van der Waals surface area contributed by atoms with Gasteiger partial charge in [0, 0.05) is 121 Å². The Morgan fingerprint density at radius 3 is 1.40 bits per heavy atom. The first-order chi connectivity index (χ1) is 50.4. The fraction of sp³-hybridized carbons (Fsp3) is 0.360. The van der Waals surface area contributed by atoms with Gasteiger partial charge in [0.1, 0.15) is 45.8 Å². The molecule has 4 atom stereocenters. The van der Waals surface area contributed by atoms with Crippen LogP contribution in [0.25, 0.3) is 10.0 Å². The molecule has 14 rings (SSSR count). The van der Waals surface area contributed by atoms with Crippen LogP contribution in [0.3, 0.4) is 0 Å². The number of imide groups is 2. The molecule has 2 saturated heterocycles. The molecular formula is C75H77Cl2N15O11S2. The van der Waals surface area contributed by atoms with Crippen molar-refractivity contribution in [3.63, 3.8) is 0 Å². The van der Waals surface area contributed by atoms with Crippen LogP contribution in [-0.2, 0) is 51.4 Å². The first kappa shape index (κ1) is 74.3. The highest BCUT2D eigenvalue weighted by Crippen LogP contribution is 2.43. The van der Waals surface area contributed by atoms with E-state index in [9.17, 15) is 53.1 Å². The number of rotatable bonds is 19. The van der Waals surface area contributed by atoms with E-state index in [1.54, 1.807) is 59.1 Å². The number of thiophene rings is 2. The number of carbonyl (C=O) groups excluding carboxylic acids is 9. The molecule has 6 aliphatic rings. The maximum atomic E-state index is 13.3. The Bertz CT molecular complexity index is 4900. The lowest BCUT2D eigenvalue weighted by atomic mass is 9.99. The second-order valence-corrected chi connectivity index (χ2v) is 29.7. The molecule has 544 valence electrons. The van der Waals surface area contributed by atoms with Crippen LogP contribution in [0.5, 0.6) is 0 Å². The van der Waals surface area contributed by atoms with E-state index >= 15 is 0 Å². The van der Waals surface area contributed by atoms with Crippen LogP contribution in [0.1, 0.15) is 201 Å². The van der Waals surface area contributed by atoms with Crippen molar-refractivity contribution in [2.45, 2.75) is 169 Å². The van der Waals surface area contributed by atoms with Crippen molar-refractivity contribution in [2.24, 2.45) is 9.98 Å². The molecule has 6 aliphatic heterocycles. The molecule has 10 heterocycles. The zero-order valence-corrected chi connectivity index (χ0v) is 61.9. The van der Waals surface area contributed by atoms with Gasteiger partial charge in [-0.2, -0.15) is 0 Å². The highest BCUT2D eigenvalue weighted by atomic mass is 35.5. The van der Waals surface area contributed by atoms with Gasteiger partial charge in [-0.25, -0.2) is 0 Å². The molecule has 6 N–H and O–H groups in total. The Kier molecular flexibility index (Phi) is 22.6. The largest absolute Gasteiger partial charge is 0.481 e. The van der Waals surface area contributed by atoms with Crippen molar-refractivity contribution in [2.75, 3.05) is 17.2 Å². The molecule has 2 unspecified atom stereocenters. The molecule has 8 aromatic rings. The highest BCUT2D eigenvalue weighted by Gasteiger charge is 2.43. The Labute approximate surface area is 622 Å². The van der Waals surface area contributed by atoms with Crippen LogP contribution in [0.4, 0.5) is 11.4 Å². The van der Waals surface area contributed by atoms with Crippen molar-refractivity contribution >= 4 is 128 Å². The number of anilines is 2. The number of piperidine rings is 2. The number of unbranched alkanes of at least 4 members (excludes halogenated alkanes) is 3. The topological polar surface area (TPSA) is 344 Å². The summed E-state index contributed by atoms with van der Waals surface area (Å²) in [5.41, 5.74) is 11.0. The predicted octanol–water partition coefficient (Wildman–Crippen LogP) is 11.1. The summed E-state index contributed by atoms with van der Waals surface area (Å²) in [4.78, 5) is 138. The summed E-state index contributed by atoms with van der Waals surface area (Å²) in [6, 6.07) is 22.7. The molecule has 9 amide bonds. The number of carboxylic acids is 1. The van der Waals surface area contributed by atoms with Gasteiger partial charge in [0.25, 0.3) is 11.8 Å². The number of halogens is 2. The molecular weight excluding hydrogens is 1420 g/mol. The van der Waals surface area contributed by atoms with Crippen molar-refractivity contribution in [3.8, 4) is 10.0 Å². The number of benzene rings is 4. The zero-order valence-electron chi connectivity index (χ0n) is 58.8. The van der Waals surface area contributed by atoms with Gasteiger partial charge in [-0.15, -0.1) is 43.1 Å². The van der Waals surface area contributed by atoms with Gasteiger partial charge in [0.15, 0.2) is 11.6 Å². The lowest BCUT2D eigenvalue weighted by Crippen LogP contribution is -2.52. The van der Waals surface area contributed by atoms with E-state index in [0.717, 1.165) is 90.3 Å². The molecule has 2 fully saturated rings. The minimum absolute atomic E-state index is 0.0658. The SMILES string of the molecule is CCCCCC(=O)Nc1cccc2c1CN(C1CCC(=O)NC1=O)C2=O.Cc1sc2c(c1C)C(c1ccc(Cl)cc1)=N[C@@H](CC(=O)NCCCCC(=O)Nc1cccc3c1CN(C1CCC(=O)NC1=O)C3=O)c1nnc(C)n1-2.Cc1sc2c(c1C)C(c1ccc(Cl)cc1)=N[C@@H](CC(=O)O)c1nnc(C)n1-2. The number of amides is 9. The molecule has 105 heavy (non-hydrogen) atoms. The first-order valence-electron chi connectivity index (χ1n) is 34.7. The van der Waals surface area contributed by atoms with E-state index in [1.807, 2.05) is 71.5 Å². The first-order valence-corrected chi connectivity index (χ1v) is 37.1. The van der Waals surface area contributed by atoms with Gasteiger partial charge in [-0.1, -0.05) is 79.4 Å². The minimum Gasteiger partial charge on any atom is -0.481 e. The Hall–Kier alpha value is -10.4. The smallest absolute Gasteiger partial charge is 0.306 e. The molecule has 4 aromatic heterocycles. The fourth-order valence-corrected chi connectivity index (χ4v) is 16.4. The third-order valence-electron chi connectivity index (χ3n) is 19.3. The number of aliphatic carboxylic acids is 1. The van der Waals surface area contributed by atoms with Crippen molar-refractivity contribution in [1.29, 1.82) is 0 Å². The van der Waals surface area contributed by atoms with Crippen LogP contribution in [0, 0.1) is 41.5 Å². The highest BCUT2D eigenvalue weighted by molar-refractivity contribution is 7.15. The van der Waals surface area contributed by atoms with E-state index in [-0.39, 0.29) is 93.0 Å². The maximum absolute atomic E-state index is 13.3. The number of hydrogen-bond donors (Lipinski definition) is 6. The fourth-order valence-electron chi connectivity index (χ4n) is 13.7. The Morgan fingerprint density at radius 2 is 0.981 bits per heavy atom. The number of aryl methyl sites for hydroxylation is 4. The molecule has 30 heteroatoms. The Morgan fingerprint density at radius 1 is 0.552 bits per heavy atom. The number of hydrogen-bond acceptors (Lipinski definition) is 18. The van der Waals surface area contributed by atoms with Crippen LogP contribution >= 0.6 is 45.9 Å². The number of nitrogens with one attached hydrogen (secondary N) is 5. The van der Waals surface area contributed by atoms with E-state index in [4.69, 9.17) is 33.2 Å². The second-order valence-electron chi connectivity index (χ2n) is 26.4. The second kappa shape index (κ2) is 31.9. The third kappa shape index (κ3) is 15.8. The average Bonchev–Trinajstić information content (AvgIpc) is 1.61. The number of fused-ring (bicyclic) bond motifs is 8. The molecule has 0 aliphatic carbocycles. The van der Waals surface area contributed by atoms with E-state index in [1.165, 1.54) is 14.7 Å². The normalized spacial score (nSPS) is 17.7. The van der Waals surface area contributed by atoms with Crippen LogP contribution in [0.15, 0.2) is 94.9 Å². The number of aliphatic imine (C=N–C) groups is 2. The monoisotopic (exact) mass is 1500 g/mol. The molecule has 0 saturated carbocycles.